The molecule has 8 heteroatoms. The fraction of sp³-hybridized carbons (Fsp3) is 0.316. The van der Waals surface area contributed by atoms with E-state index in [0.29, 0.717) is 22.8 Å². The van der Waals surface area contributed by atoms with Gasteiger partial charge < -0.3 is 9.64 Å². The normalized spacial score (nSPS) is 18.2. The summed E-state index contributed by atoms with van der Waals surface area (Å²) in [5, 5.41) is 0.547. The molecule has 2 aromatic rings. The van der Waals surface area contributed by atoms with Gasteiger partial charge in [-0.3, -0.25) is 4.79 Å². The third-order valence-corrected chi connectivity index (χ3v) is 6.45. The lowest BCUT2D eigenvalue weighted by atomic mass is 10.1. The van der Waals surface area contributed by atoms with E-state index in [0.717, 1.165) is 0 Å². The van der Waals surface area contributed by atoms with E-state index in [1.807, 2.05) is 0 Å². The highest BCUT2D eigenvalue weighted by atomic mass is 35.5. The number of benzene rings is 2. The number of hydrogen-bond acceptors (Lipinski definition) is 4. The molecular formula is C19H19ClFNO4S. The van der Waals surface area contributed by atoms with Gasteiger partial charge in [-0.15, -0.1) is 0 Å². The predicted molar refractivity (Wildman–Crippen MR) is 101 cm³/mol. The molecule has 0 saturated carbocycles. The Labute approximate surface area is 162 Å². The van der Waals surface area contributed by atoms with Crippen molar-refractivity contribution < 1.29 is 22.3 Å². The number of carbonyl (C=O) groups is 1. The maximum atomic E-state index is 14.0. The van der Waals surface area contributed by atoms with Gasteiger partial charge in [-0.1, -0.05) is 29.8 Å². The molecular weight excluding hydrogens is 393 g/mol. The first-order valence-corrected chi connectivity index (χ1v) is 10.7. The van der Waals surface area contributed by atoms with Crippen molar-refractivity contribution in [3.05, 3.63) is 64.9 Å². The van der Waals surface area contributed by atoms with Crippen molar-refractivity contribution in [3.8, 4) is 5.75 Å². The third kappa shape index (κ3) is 5.20. The average molecular weight is 412 g/mol. The van der Waals surface area contributed by atoms with Crippen LogP contribution in [0.3, 0.4) is 0 Å². The summed E-state index contributed by atoms with van der Waals surface area (Å²) in [4.78, 5) is 14.2. The predicted octanol–water partition coefficient (Wildman–Crippen LogP) is 3.07. The van der Waals surface area contributed by atoms with Gasteiger partial charge in [0.1, 0.15) is 11.6 Å². The molecule has 0 aliphatic carbocycles. The second-order valence-corrected chi connectivity index (χ2v) is 9.08. The Morgan fingerprint density at radius 2 is 1.89 bits per heavy atom. The van der Waals surface area contributed by atoms with Crippen LogP contribution in [0.2, 0.25) is 5.02 Å². The minimum Gasteiger partial charge on any atom is -0.484 e. The Morgan fingerprint density at radius 1 is 1.19 bits per heavy atom. The highest BCUT2D eigenvalue weighted by Crippen LogP contribution is 2.22. The van der Waals surface area contributed by atoms with Gasteiger partial charge in [-0.05, 0) is 36.8 Å². The van der Waals surface area contributed by atoms with Crippen molar-refractivity contribution in [1.82, 2.24) is 4.90 Å². The molecule has 2 aromatic carbocycles. The van der Waals surface area contributed by atoms with Crippen molar-refractivity contribution in [1.29, 1.82) is 0 Å². The molecule has 0 N–H and O–H groups in total. The van der Waals surface area contributed by atoms with Crippen LogP contribution in [0, 0.1) is 5.82 Å². The number of sulfone groups is 1. The quantitative estimate of drug-likeness (QED) is 0.732. The summed E-state index contributed by atoms with van der Waals surface area (Å²) in [7, 11) is -3.19. The summed E-state index contributed by atoms with van der Waals surface area (Å²) < 4.78 is 43.2. The zero-order valence-electron chi connectivity index (χ0n) is 14.5. The number of hydrogen-bond donors (Lipinski definition) is 0. The Bertz CT molecular complexity index is 918. The molecule has 0 aromatic heterocycles. The van der Waals surface area contributed by atoms with Crippen molar-refractivity contribution >= 4 is 27.3 Å². The molecule has 0 bridgehead atoms. The molecule has 0 unspecified atom stereocenters. The van der Waals surface area contributed by atoms with E-state index in [1.54, 1.807) is 42.5 Å². The van der Waals surface area contributed by atoms with Gasteiger partial charge in [0.2, 0.25) is 0 Å². The van der Waals surface area contributed by atoms with Crippen LogP contribution in [0.15, 0.2) is 48.5 Å². The van der Waals surface area contributed by atoms with Crippen LogP contribution in [-0.4, -0.2) is 43.4 Å². The SMILES string of the molecule is O=C(COc1ccc(Cl)cc1)N(Cc1ccccc1F)[C@H]1CCS(=O)(=O)C1. The average Bonchev–Trinajstić information content (AvgIpc) is 3.00. The molecule has 3 rings (SSSR count). The van der Waals surface area contributed by atoms with E-state index in [4.69, 9.17) is 16.3 Å². The fourth-order valence-electron chi connectivity index (χ4n) is 3.01. The summed E-state index contributed by atoms with van der Waals surface area (Å²) in [5.41, 5.74) is 0.335. The minimum atomic E-state index is -3.19. The van der Waals surface area contributed by atoms with Crippen LogP contribution < -0.4 is 4.74 Å². The van der Waals surface area contributed by atoms with Crippen molar-refractivity contribution in [2.45, 2.75) is 19.0 Å². The lowest BCUT2D eigenvalue weighted by Crippen LogP contribution is -2.43. The molecule has 1 atom stereocenters. The van der Waals surface area contributed by atoms with Crippen LogP contribution in [0.4, 0.5) is 4.39 Å². The van der Waals surface area contributed by atoms with Crippen molar-refractivity contribution in [3.63, 3.8) is 0 Å². The molecule has 0 spiro atoms. The Kier molecular flexibility index (Phi) is 6.01. The second kappa shape index (κ2) is 8.27. The Morgan fingerprint density at radius 3 is 2.52 bits per heavy atom. The number of nitrogens with zero attached hydrogens (tertiary/aromatic N) is 1. The zero-order chi connectivity index (χ0) is 19.4. The molecule has 1 amide bonds. The fourth-order valence-corrected chi connectivity index (χ4v) is 4.87. The van der Waals surface area contributed by atoms with Crippen LogP contribution >= 0.6 is 11.6 Å². The van der Waals surface area contributed by atoms with Gasteiger partial charge in [0.25, 0.3) is 5.91 Å². The highest BCUT2D eigenvalue weighted by molar-refractivity contribution is 7.91. The molecule has 5 nitrogen and oxygen atoms in total. The van der Waals surface area contributed by atoms with E-state index < -0.39 is 27.6 Å². The first kappa shape index (κ1) is 19.6. The Hall–Kier alpha value is -2.12. The number of carbonyl (C=O) groups excluding carboxylic acids is 1. The summed E-state index contributed by atoms with van der Waals surface area (Å²) in [6.07, 6.45) is 0.337. The summed E-state index contributed by atoms with van der Waals surface area (Å²) in [6, 6.07) is 12.2. The lowest BCUT2D eigenvalue weighted by molar-refractivity contribution is -0.136. The number of rotatable bonds is 6. The van der Waals surface area contributed by atoms with E-state index >= 15 is 0 Å². The van der Waals surface area contributed by atoms with E-state index in [9.17, 15) is 17.6 Å². The monoisotopic (exact) mass is 411 g/mol. The van der Waals surface area contributed by atoms with Gasteiger partial charge in [0.15, 0.2) is 16.4 Å². The van der Waals surface area contributed by atoms with Gasteiger partial charge in [0.05, 0.1) is 11.5 Å². The van der Waals surface area contributed by atoms with Gasteiger partial charge in [-0.2, -0.15) is 0 Å². The van der Waals surface area contributed by atoms with Crippen molar-refractivity contribution in [2.75, 3.05) is 18.1 Å². The number of amides is 1. The molecule has 1 heterocycles. The molecule has 1 saturated heterocycles. The molecule has 1 aliphatic heterocycles. The van der Waals surface area contributed by atoms with Gasteiger partial charge in [-0.25, -0.2) is 12.8 Å². The smallest absolute Gasteiger partial charge is 0.261 e. The molecule has 0 radical (unpaired) electrons. The zero-order valence-corrected chi connectivity index (χ0v) is 16.0. The second-order valence-electron chi connectivity index (χ2n) is 6.41. The molecule has 1 aliphatic rings. The summed E-state index contributed by atoms with van der Waals surface area (Å²) in [5.74, 6) is -0.451. The Balaban J connectivity index is 1.75. The third-order valence-electron chi connectivity index (χ3n) is 4.44. The first-order valence-electron chi connectivity index (χ1n) is 8.46. The van der Waals surface area contributed by atoms with E-state index in [2.05, 4.69) is 0 Å². The van der Waals surface area contributed by atoms with Crippen LogP contribution in [0.5, 0.6) is 5.75 Å². The van der Waals surface area contributed by atoms with Crippen LogP contribution in [0.1, 0.15) is 12.0 Å². The maximum absolute atomic E-state index is 14.0. The number of halogens is 2. The summed E-state index contributed by atoms with van der Waals surface area (Å²) in [6.45, 7) is -0.275. The standard InChI is InChI=1S/C19H19ClFNO4S/c20-15-5-7-17(8-6-15)26-12-19(23)22(16-9-10-27(24,25)13-16)11-14-3-1-2-4-18(14)21/h1-8,16H,9-13H2/t16-/m0/s1. The topological polar surface area (TPSA) is 63.7 Å². The van der Waals surface area contributed by atoms with E-state index in [1.165, 1.54) is 11.0 Å². The van der Waals surface area contributed by atoms with Crippen LogP contribution in [-0.2, 0) is 21.2 Å². The van der Waals surface area contributed by atoms with Gasteiger partial charge in [0, 0.05) is 23.2 Å². The van der Waals surface area contributed by atoms with Crippen molar-refractivity contribution in [2.24, 2.45) is 0 Å². The highest BCUT2D eigenvalue weighted by Gasteiger charge is 2.35. The largest absolute Gasteiger partial charge is 0.484 e. The molecule has 1 fully saturated rings. The molecule has 144 valence electrons. The number of ether oxygens (including phenoxy) is 1. The van der Waals surface area contributed by atoms with Gasteiger partial charge >= 0.3 is 0 Å². The lowest BCUT2D eigenvalue weighted by Gasteiger charge is -2.28. The van der Waals surface area contributed by atoms with E-state index in [-0.39, 0.29) is 24.7 Å². The minimum absolute atomic E-state index is 0.00429. The van der Waals surface area contributed by atoms with Crippen LogP contribution in [0.25, 0.3) is 0 Å². The first-order chi connectivity index (χ1) is 12.8. The summed E-state index contributed by atoms with van der Waals surface area (Å²) >= 11 is 5.82. The molecule has 27 heavy (non-hydrogen) atoms. The maximum Gasteiger partial charge on any atom is 0.261 e.